The van der Waals surface area contributed by atoms with Crippen molar-refractivity contribution in [3.05, 3.63) is 69.2 Å². The molecular formula is C18H15N3O4S. The van der Waals surface area contributed by atoms with Gasteiger partial charge in [-0.1, -0.05) is 6.07 Å². The second-order valence-electron chi connectivity index (χ2n) is 5.48. The van der Waals surface area contributed by atoms with Crippen molar-refractivity contribution in [3.8, 4) is 16.3 Å². The summed E-state index contributed by atoms with van der Waals surface area (Å²) in [5.74, 6) is 0.323. The van der Waals surface area contributed by atoms with Crippen LogP contribution in [-0.2, 0) is 0 Å². The third-order valence-corrected chi connectivity index (χ3v) is 4.63. The van der Waals surface area contributed by atoms with Crippen LogP contribution in [0.2, 0.25) is 0 Å². The molecule has 0 aliphatic heterocycles. The summed E-state index contributed by atoms with van der Waals surface area (Å²) < 4.78 is 5.12. The highest BCUT2D eigenvalue weighted by Crippen LogP contribution is 2.27. The van der Waals surface area contributed by atoms with Gasteiger partial charge in [0.25, 0.3) is 11.6 Å². The van der Waals surface area contributed by atoms with E-state index in [4.69, 9.17) is 4.74 Å². The number of nitrogens with zero attached hydrogens (tertiary/aromatic N) is 2. The zero-order chi connectivity index (χ0) is 18.7. The van der Waals surface area contributed by atoms with Gasteiger partial charge in [-0.15, -0.1) is 11.3 Å². The van der Waals surface area contributed by atoms with Crippen LogP contribution in [-0.4, -0.2) is 22.9 Å². The molecule has 0 unspecified atom stereocenters. The Morgan fingerprint density at radius 2 is 1.96 bits per heavy atom. The predicted octanol–water partition coefficient (Wildman–Crippen LogP) is 4.29. The van der Waals surface area contributed by atoms with Gasteiger partial charge in [0.15, 0.2) is 0 Å². The molecular weight excluding hydrogens is 354 g/mol. The molecule has 0 bridgehead atoms. The molecule has 1 amide bonds. The van der Waals surface area contributed by atoms with Crippen LogP contribution in [0.5, 0.6) is 5.75 Å². The lowest BCUT2D eigenvalue weighted by Crippen LogP contribution is -2.12. The molecule has 0 spiro atoms. The standard InChI is InChI=1S/C18H15N3O4S/c1-11-3-6-13(9-16(11)21(23)24)19-17(22)15-10-26-18(20-15)12-4-7-14(25-2)8-5-12/h3-10H,1-2H3,(H,19,22). The maximum Gasteiger partial charge on any atom is 0.275 e. The van der Waals surface area contributed by atoms with E-state index in [0.29, 0.717) is 16.3 Å². The Kier molecular flexibility index (Phi) is 4.94. The highest BCUT2D eigenvalue weighted by molar-refractivity contribution is 7.13. The number of amides is 1. The number of carbonyl (C=O) groups excluding carboxylic acids is 1. The number of hydrogen-bond acceptors (Lipinski definition) is 6. The minimum Gasteiger partial charge on any atom is -0.497 e. The maximum absolute atomic E-state index is 12.4. The number of hydrogen-bond donors (Lipinski definition) is 1. The molecule has 2 aromatic carbocycles. The predicted molar refractivity (Wildman–Crippen MR) is 99.9 cm³/mol. The lowest BCUT2D eigenvalue weighted by atomic mass is 10.2. The van der Waals surface area contributed by atoms with Crippen LogP contribution in [0.1, 0.15) is 16.1 Å². The highest BCUT2D eigenvalue weighted by atomic mass is 32.1. The Morgan fingerprint density at radius 3 is 2.62 bits per heavy atom. The molecule has 8 heteroatoms. The van der Waals surface area contributed by atoms with E-state index in [-0.39, 0.29) is 11.4 Å². The lowest BCUT2D eigenvalue weighted by Gasteiger charge is -2.04. The number of methoxy groups -OCH3 is 1. The van der Waals surface area contributed by atoms with Gasteiger partial charge < -0.3 is 10.1 Å². The highest BCUT2D eigenvalue weighted by Gasteiger charge is 2.15. The molecule has 0 saturated carbocycles. The number of nitro groups is 1. The van der Waals surface area contributed by atoms with E-state index in [2.05, 4.69) is 10.3 Å². The number of benzene rings is 2. The molecule has 3 rings (SSSR count). The molecule has 132 valence electrons. The molecule has 0 aliphatic rings. The van der Waals surface area contributed by atoms with Crippen molar-refractivity contribution >= 4 is 28.6 Å². The molecule has 0 aliphatic carbocycles. The van der Waals surface area contributed by atoms with Gasteiger partial charge >= 0.3 is 0 Å². The summed E-state index contributed by atoms with van der Waals surface area (Å²) in [4.78, 5) is 27.2. The van der Waals surface area contributed by atoms with Crippen LogP contribution in [0.15, 0.2) is 47.8 Å². The topological polar surface area (TPSA) is 94.4 Å². The Morgan fingerprint density at radius 1 is 1.23 bits per heavy atom. The normalized spacial score (nSPS) is 10.4. The molecule has 0 atom stereocenters. The van der Waals surface area contributed by atoms with Gasteiger partial charge in [-0.3, -0.25) is 14.9 Å². The summed E-state index contributed by atoms with van der Waals surface area (Å²) in [7, 11) is 1.59. The smallest absolute Gasteiger partial charge is 0.275 e. The molecule has 1 heterocycles. The van der Waals surface area contributed by atoms with E-state index in [1.165, 1.54) is 17.4 Å². The van der Waals surface area contributed by atoms with Crippen molar-refractivity contribution in [1.29, 1.82) is 0 Å². The van der Waals surface area contributed by atoms with E-state index in [1.807, 2.05) is 24.3 Å². The van der Waals surface area contributed by atoms with Crippen molar-refractivity contribution in [2.24, 2.45) is 0 Å². The third-order valence-electron chi connectivity index (χ3n) is 3.74. The summed E-state index contributed by atoms with van der Waals surface area (Å²) in [5, 5.41) is 16.0. The molecule has 26 heavy (non-hydrogen) atoms. The summed E-state index contributed by atoms with van der Waals surface area (Å²) in [6.07, 6.45) is 0. The zero-order valence-electron chi connectivity index (χ0n) is 14.1. The molecule has 7 nitrogen and oxygen atoms in total. The minimum absolute atomic E-state index is 0.0417. The SMILES string of the molecule is COc1ccc(-c2nc(C(=O)Nc3ccc(C)c([N+](=O)[O-])c3)cs2)cc1. The first kappa shape index (κ1) is 17.6. The quantitative estimate of drug-likeness (QED) is 0.535. The molecule has 3 aromatic rings. The second kappa shape index (κ2) is 7.32. The summed E-state index contributed by atoms with van der Waals surface area (Å²) >= 11 is 1.34. The van der Waals surface area contributed by atoms with Gasteiger partial charge in [0.05, 0.1) is 12.0 Å². The Balaban J connectivity index is 1.78. The van der Waals surface area contributed by atoms with Crippen molar-refractivity contribution in [2.45, 2.75) is 6.92 Å². The van der Waals surface area contributed by atoms with Crippen molar-refractivity contribution in [1.82, 2.24) is 4.98 Å². The Bertz CT molecular complexity index is 967. The average molecular weight is 369 g/mol. The van der Waals surface area contributed by atoms with Crippen LogP contribution in [0.3, 0.4) is 0 Å². The lowest BCUT2D eigenvalue weighted by molar-refractivity contribution is -0.385. The molecule has 0 fully saturated rings. The first-order valence-corrected chi connectivity index (χ1v) is 8.52. The van der Waals surface area contributed by atoms with Gasteiger partial charge in [0.2, 0.25) is 0 Å². The Hall–Kier alpha value is -3.26. The number of aryl methyl sites for hydroxylation is 1. The minimum atomic E-state index is -0.477. The first-order valence-electron chi connectivity index (χ1n) is 7.64. The van der Waals surface area contributed by atoms with Gasteiger partial charge in [-0.2, -0.15) is 0 Å². The van der Waals surface area contributed by atoms with Gasteiger partial charge in [-0.25, -0.2) is 4.98 Å². The molecule has 1 N–H and O–H groups in total. The number of carbonyl (C=O) groups is 1. The number of anilines is 1. The number of ether oxygens (including phenoxy) is 1. The number of nitrogens with one attached hydrogen (secondary N) is 1. The van der Waals surface area contributed by atoms with Crippen molar-refractivity contribution in [2.75, 3.05) is 12.4 Å². The molecule has 0 radical (unpaired) electrons. The fraction of sp³-hybridized carbons (Fsp3) is 0.111. The third kappa shape index (κ3) is 3.70. The fourth-order valence-electron chi connectivity index (χ4n) is 2.32. The molecule has 1 aromatic heterocycles. The van der Waals surface area contributed by atoms with Gasteiger partial charge in [-0.05, 0) is 37.3 Å². The van der Waals surface area contributed by atoms with Gasteiger partial charge in [0, 0.05) is 28.3 Å². The van der Waals surface area contributed by atoms with Crippen LogP contribution in [0, 0.1) is 17.0 Å². The van der Waals surface area contributed by atoms with E-state index in [9.17, 15) is 14.9 Å². The molecule has 0 saturated heterocycles. The maximum atomic E-state index is 12.4. The van der Waals surface area contributed by atoms with E-state index in [1.54, 1.807) is 31.5 Å². The summed E-state index contributed by atoms with van der Waals surface area (Å²) in [6, 6.07) is 11.9. The summed E-state index contributed by atoms with van der Waals surface area (Å²) in [6.45, 7) is 1.64. The van der Waals surface area contributed by atoms with Crippen LogP contribution in [0.4, 0.5) is 11.4 Å². The van der Waals surface area contributed by atoms with Crippen LogP contribution in [0.25, 0.3) is 10.6 Å². The number of aromatic nitrogens is 1. The van der Waals surface area contributed by atoms with Crippen molar-refractivity contribution in [3.63, 3.8) is 0 Å². The van der Waals surface area contributed by atoms with Crippen LogP contribution < -0.4 is 10.1 Å². The average Bonchev–Trinajstić information content (AvgIpc) is 3.13. The number of thiazole rings is 1. The second-order valence-corrected chi connectivity index (χ2v) is 6.34. The zero-order valence-corrected chi connectivity index (χ0v) is 14.9. The van der Waals surface area contributed by atoms with E-state index < -0.39 is 10.8 Å². The van der Waals surface area contributed by atoms with Crippen molar-refractivity contribution < 1.29 is 14.5 Å². The van der Waals surface area contributed by atoms with E-state index >= 15 is 0 Å². The monoisotopic (exact) mass is 369 g/mol. The Labute approximate surface area is 153 Å². The number of rotatable bonds is 5. The van der Waals surface area contributed by atoms with E-state index in [0.717, 1.165) is 11.3 Å². The largest absolute Gasteiger partial charge is 0.497 e. The first-order chi connectivity index (χ1) is 12.5. The number of nitro benzene ring substituents is 1. The fourth-order valence-corrected chi connectivity index (χ4v) is 3.13. The van der Waals surface area contributed by atoms with Gasteiger partial charge in [0.1, 0.15) is 16.5 Å². The van der Waals surface area contributed by atoms with Crippen LogP contribution >= 0.6 is 11.3 Å². The summed E-state index contributed by atoms with van der Waals surface area (Å²) in [5.41, 5.74) is 1.97.